The van der Waals surface area contributed by atoms with Crippen molar-refractivity contribution in [2.45, 2.75) is 6.42 Å². The molecule has 0 saturated heterocycles. The number of anilines is 1. The zero-order valence-electron chi connectivity index (χ0n) is 7.21. The van der Waals surface area contributed by atoms with Gasteiger partial charge in [0, 0.05) is 10.2 Å². The monoisotopic (exact) mass is 243 g/mol. The second-order valence-corrected chi connectivity index (χ2v) is 3.37. The summed E-state index contributed by atoms with van der Waals surface area (Å²) in [4.78, 5) is 11.0. The highest BCUT2D eigenvalue weighted by molar-refractivity contribution is 9.10. The molecule has 0 bridgehead atoms. The van der Waals surface area contributed by atoms with Crippen LogP contribution in [0.4, 0.5) is 5.69 Å². The molecule has 0 amide bonds. The van der Waals surface area contributed by atoms with E-state index >= 15 is 0 Å². The molecule has 0 aromatic heterocycles. The lowest BCUT2D eigenvalue weighted by molar-refractivity contribution is -0.139. The van der Waals surface area contributed by atoms with Gasteiger partial charge >= 0.3 is 5.97 Å². The van der Waals surface area contributed by atoms with E-state index in [-0.39, 0.29) is 12.4 Å². The number of carbonyl (C=O) groups is 1. The van der Waals surface area contributed by atoms with Crippen LogP contribution in [0.2, 0.25) is 0 Å². The summed E-state index contributed by atoms with van der Waals surface area (Å²) in [5, 5.41) is 0. The summed E-state index contributed by atoms with van der Waals surface area (Å²) in [5.41, 5.74) is 7.10. The molecule has 0 saturated carbocycles. The summed E-state index contributed by atoms with van der Waals surface area (Å²) in [6.07, 6.45) is 0.238. The van der Waals surface area contributed by atoms with Gasteiger partial charge in [0.05, 0.1) is 13.5 Å². The maximum atomic E-state index is 11.0. The summed E-state index contributed by atoms with van der Waals surface area (Å²) < 4.78 is 5.31. The van der Waals surface area contributed by atoms with E-state index in [4.69, 9.17) is 5.73 Å². The predicted molar refractivity (Wildman–Crippen MR) is 54.3 cm³/mol. The highest BCUT2D eigenvalue weighted by Crippen LogP contribution is 2.24. The van der Waals surface area contributed by atoms with Gasteiger partial charge in [-0.05, 0) is 27.6 Å². The fourth-order valence-corrected chi connectivity index (χ4v) is 1.37. The molecule has 2 N–H and O–H groups in total. The molecule has 13 heavy (non-hydrogen) atoms. The topological polar surface area (TPSA) is 52.3 Å². The number of ether oxygens (including phenoxy) is 1. The molecule has 0 unspecified atom stereocenters. The van der Waals surface area contributed by atoms with Crippen molar-refractivity contribution in [3.05, 3.63) is 28.2 Å². The summed E-state index contributed by atoms with van der Waals surface area (Å²) >= 11 is 3.31. The molecule has 0 aliphatic rings. The lowest BCUT2D eigenvalue weighted by atomic mass is 10.1. The van der Waals surface area contributed by atoms with Gasteiger partial charge in [-0.2, -0.15) is 0 Å². The highest BCUT2D eigenvalue weighted by atomic mass is 79.9. The third-order valence-corrected chi connectivity index (χ3v) is 2.64. The van der Waals surface area contributed by atoms with Crippen LogP contribution in [0, 0.1) is 0 Å². The average Bonchev–Trinajstić information content (AvgIpc) is 2.13. The average molecular weight is 244 g/mol. The Balaban J connectivity index is 2.89. The van der Waals surface area contributed by atoms with Crippen LogP contribution in [0.3, 0.4) is 0 Å². The Hall–Kier alpha value is -1.03. The van der Waals surface area contributed by atoms with Crippen molar-refractivity contribution in [3.63, 3.8) is 0 Å². The molecule has 0 radical (unpaired) electrons. The number of hydrogen-bond acceptors (Lipinski definition) is 3. The van der Waals surface area contributed by atoms with E-state index in [0.29, 0.717) is 5.69 Å². The van der Waals surface area contributed by atoms with Crippen molar-refractivity contribution in [2.24, 2.45) is 0 Å². The van der Waals surface area contributed by atoms with Crippen LogP contribution in [0.15, 0.2) is 22.7 Å². The largest absolute Gasteiger partial charge is 0.469 e. The van der Waals surface area contributed by atoms with Gasteiger partial charge in [0.25, 0.3) is 0 Å². The van der Waals surface area contributed by atoms with E-state index in [9.17, 15) is 4.79 Å². The molecular weight excluding hydrogens is 234 g/mol. The first-order valence-corrected chi connectivity index (χ1v) is 4.54. The van der Waals surface area contributed by atoms with E-state index in [0.717, 1.165) is 10.0 Å². The van der Waals surface area contributed by atoms with Gasteiger partial charge in [-0.15, -0.1) is 0 Å². The number of carbonyl (C=O) groups excluding carboxylic acids is 1. The number of methoxy groups -OCH3 is 1. The minimum absolute atomic E-state index is 0.238. The fourth-order valence-electron chi connectivity index (χ4n) is 0.964. The first-order chi connectivity index (χ1) is 6.15. The molecule has 4 heteroatoms. The van der Waals surface area contributed by atoms with E-state index in [1.165, 1.54) is 7.11 Å². The molecule has 1 aromatic carbocycles. The van der Waals surface area contributed by atoms with Crippen molar-refractivity contribution >= 4 is 27.6 Å². The number of halogens is 1. The van der Waals surface area contributed by atoms with Crippen molar-refractivity contribution in [1.82, 2.24) is 0 Å². The lowest BCUT2D eigenvalue weighted by Gasteiger charge is -2.04. The highest BCUT2D eigenvalue weighted by Gasteiger charge is 2.07. The zero-order chi connectivity index (χ0) is 9.84. The van der Waals surface area contributed by atoms with Crippen molar-refractivity contribution in [1.29, 1.82) is 0 Å². The van der Waals surface area contributed by atoms with Crippen molar-refractivity contribution in [2.75, 3.05) is 12.8 Å². The Kier molecular flexibility index (Phi) is 3.31. The van der Waals surface area contributed by atoms with E-state index in [1.807, 2.05) is 6.07 Å². The number of rotatable bonds is 2. The molecule has 0 heterocycles. The molecule has 0 spiro atoms. The van der Waals surface area contributed by atoms with Gasteiger partial charge in [0.1, 0.15) is 0 Å². The van der Waals surface area contributed by atoms with Crippen LogP contribution in [0.1, 0.15) is 5.56 Å². The SMILES string of the molecule is COC(=O)Cc1cccc(N)c1Br. The Labute approximate surface area is 85.0 Å². The molecule has 0 aliphatic heterocycles. The Morgan fingerprint density at radius 3 is 2.92 bits per heavy atom. The van der Waals surface area contributed by atoms with Crippen LogP contribution in [-0.2, 0) is 16.0 Å². The Morgan fingerprint density at radius 2 is 2.31 bits per heavy atom. The third kappa shape index (κ3) is 2.45. The number of hydrogen-bond donors (Lipinski definition) is 1. The quantitative estimate of drug-likeness (QED) is 0.636. The second-order valence-electron chi connectivity index (χ2n) is 2.57. The molecule has 70 valence electrons. The minimum atomic E-state index is -0.272. The molecule has 0 aliphatic carbocycles. The first kappa shape index (κ1) is 10.1. The van der Waals surface area contributed by atoms with Crippen LogP contribution in [-0.4, -0.2) is 13.1 Å². The lowest BCUT2D eigenvalue weighted by Crippen LogP contribution is -2.05. The number of nitrogens with two attached hydrogens (primary N) is 1. The van der Waals surface area contributed by atoms with Crippen molar-refractivity contribution in [3.8, 4) is 0 Å². The summed E-state index contributed by atoms with van der Waals surface area (Å²) in [5.74, 6) is -0.272. The zero-order valence-corrected chi connectivity index (χ0v) is 8.80. The molecule has 3 nitrogen and oxygen atoms in total. The molecular formula is C9H10BrNO2. The fraction of sp³-hybridized carbons (Fsp3) is 0.222. The van der Waals surface area contributed by atoms with Crippen LogP contribution >= 0.6 is 15.9 Å². The smallest absolute Gasteiger partial charge is 0.310 e. The Morgan fingerprint density at radius 1 is 1.62 bits per heavy atom. The third-order valence-electron chi connectivity index (χ3n) is 1.67. The van der Waals surface area contributed by atoms with Gasteiger partial charge in [-0.25, -0.2) is 0 Å². The maximum absolute atomic E-state index is 11.0. The van der Waals surface area contributed by atoms with E-state index in [1.54, 1.807) is 12.1 Å². The van der Waals surface area contributed by atoms with Gasteiger partial charge in [-0.1, -0.05) is 12.1 Å². The molecule has 0 fully saturated rings. The van der Waals surface area contributed by atoms with E-state index < -0.39 is 0 Å². The second kappa shape index (κ2) is 4.28. The predicted octanol–water partition coefficient (Wildman–Crippen LogP) is 1.75. The number of nitrogen functional groups attached to an aromatic ring is 1. The normalized spacial score (nSPS) is 9.69. The molecule has 1 rings (SSSR count). The number of benzene rings is 1. The van der Waals surface area contributed by atoms with Gasteiger partial charge in [-0.3, -0.25) is 4.79 Å². The summed E-state index contributed by atoms with van der Waals surface area (Å²) in [6, 6.07) is 5.40. The first-order valence-electron chi connectivity index (χ1n) is 3.75. The van der Waals surface area contributed by atoms with Gasteiger partial charge in [0.15, 0.2) is 0 Å². The Bertz CT molecular complexity index is 325. The standard InChI is InChI=1S/C9H10BrNO2/c1-13-8(12)5-6-3-2-4-7(11)9(6)10/h2-4H,5,11H2,1H3. The van der Waals surface area contributed by atoms with Gasteiger partial charge in [0.2, 0.25) is 0 Å². The minimum Gasteiger partial charge on any atom is -0.469 e. The van der Waals surface area contributed by atoms with Crippen LogP contribution in [0.5, 0.6) is 0 Å². The van der Waals surface area contributed by atoms with Gasteiger partial charge < -0.3 is 10.5 Å². The molecule has 1 aromatic rings. The van der Waals surface area contributed by atoms with Crippen molar-refractivity contribution < 1.29 is 9.53 Å². The van der Waals surface area contributed by atoms with Crippen LogP contribution < -0.4 is 5.73 Å². The molecule has 0 atom stereocenters. The van der Waals surface area contributed by atoms with E-state index in [2.05, 4.69) is 20.7 Å². The van der Waals surface area contributed by atoms with Crippen LogP contribution in [0.25, 0.3) is 0 Å². The summed E-state index contributed by atoms with van der Waals surface area (Å²) in [7, 11) is 1.36. The number of esters is 1. The summed E-state index contributed by atoms with van der Waals surface area (Å²) in [6.45, 7) is 0. The maximum Gasteiger partial charge on any atom is 0.310 e.